The lowest BCUT2D eigenvalue weighted by atomic mass is 9.74. The minimum absolute atomic E-state index is 0.152. The van der Waals surface area contributed by atoms with E-state index < -0.39 is 0 Å². The SMILES string of the molecule is CC1(C)C2=CC=C(c3c4ccccc4c(C4=CC=C5C=CCCC5C4)c4ccccc34)CC2c2c1c1oc3ccccc3c1c1ccccc21. The van der Waals surface area contributed by atoms with E-state index in [9.17, 15) is 0 Å². The molecule has 0 fully saturated rings. The van der Waals surface area contributed by atoms with Crippen LogP contribution < -0.4 is 0 Å². The Balaban J connectivity index is 1.14. The maximum Gasteiger partial charge on any atom is 0.140 e. The summed E-state index contributed by atoms with van der Waals surface area (Å²) in [6, 6.07) is 36.0. The van der Waals surface area contributed by atoms with E-state index in [0.717, 1.165) is 24.0 Å². The summed E-state index contributed by atoms with van der Waals surface area (Å²) >= 11 is 0. The molecule has 50 heavy (non-hydrogen) atoms. The fourth-order valence-corrected chi connectivity index (χ4v) is 10.4. The average Bonchev–Trinajstić information content (AvgIpc) is 3.66. The monoisotopic (exact) mass is 642 g/mol. The number of fused-ring (bicyclic) bond motifs is 13. The minimum atomic E-state index is -0.152. The van der Waals surface area contributed by atoms with E-state index in [1.807, 2.05) is 0 Å². The van der Waals surface area contributed by atoms with Gasteiger partial charge in [-0.2, -0.15) is 0 Å². The molecule has 0 amide bonds. The molecule has 240 valence electrons. The average molecular weight is 643 g/mol. The third-order valence-corrected chi connectivity index (χ3v) is 12.5. The molecule has 0 radical (unpaired) electrons. The summed E-state index contributed by atoms with van der Waals surface area (Å²) in [7, 11) is 0. The Labute approximate surface area is 292 Å². The van der Waals surface area contributed by atoms with E-state index >= 15 is 0 Å². The molecule has 0 saturated heterocycles. The fourth-order valence-electron chi connectivity index (χ4n) is 10.4. The second-order valence-corrected chi connectivity index (χ2v) is 15.4. The van der Waals surface area contributed by atoms with E-state index in [-0.39, 0.29) is 11.3 Å². The summed E-state index contributed by atoms with van der Waals surface area (Å²) < 4.78 is 6.82. The lowest BCUT2D eigenvalue weighted by molar-refractivity contribution is 0.573. The van der Waals surface area contributed by atoms with Crippen LogP contribution in [0, 0.1) is 5.92 Å². The van der Waals surface area contributed by atoms with Crippen molar-refractivity contribution in [1.82, 2.24) is 0 Å². The number of benzene rings is 6. The molecule has 2 unspecified atom stereocenters. The van der Waals surface area contributed by atoms with E-state index in [1.165, 1.54) is 100 Å². The Kier molecular flexibility index (Phi) is 5.86. The summed E-state index contributed by atoms with van der Waals surface area (Å²) in [5.74, 6) is 0.893. The van der Waals surface area contributed by atoms with E-state index in [4.69, 9.17) is 4.42 Å². The molecule has 2 atom stereocenters. The molecule has 4 aliphatic rings. The lowest BCUT2D eigenvalue weighted by Crippen LogP contribution is -2.18. The molecule has 11 rings (SSSR count). The van der Waals surface area contributed by atoms with Gasteiger partial charge in [0.25, 0.3) is 0 Å². The van der Waals surface area contributed by atoms with E-state index in [0.29, 0.717) is 5.92 Å². The highest BCUT2D eigenvalue weighted by molar-refractivity contribution is 6.22. The van der Waals surface area contributed by atoms with Gasteiger partial charge in [-0.25, -0.2) is 0 Å². The number of rotatable bonds is 2. The van der Waals surface area contributed by atoms with Gasteiger partial charge in [0.2, 0.25) is 0 Å². The molecule has 0 spiro atoms. The smallest absolute Gasteiger partial charge is 0.140 e. The van der Waals surface area contributed by atoms with Crippen molar-refractivity contribution in [2.75, 3.05) is 0 Å². The molecule has 1 aromatic heterocycles. The van der Waals surface area contributed by atoms with Gasteiger partial charge >= 0.3 is 0 Å². The van der Waals surface area contributed by atoms with Gasteiger partial charge in [-0.3, -0.25) is 0 Å². The number of hydrogen-bond acceptors (Lipinski definition) is 1. The van der Waals surface area contributed by atoms with Crippen LogP contribution in [0.2, 0.25) is 0 Å². The predicted molar refractivity (Wildman–Crippen MR) is 212 cm³/mol. The highest BCUT2D eigenvalue weighted by Gasteiger charge is 2.46. The first-order valence-electron chi connectivity index (χ1n) is 18.4. The Morgan fingerprint density at radius 3 is 1.88 bits per heavy atom. The molecule has 0 aliphatic heterocycles. The van der Waals surface area contributed by atoms with Crippen molar-refractivity contribution >= 4 is 65.4 Å². The van der Waals surface area contributed by atoms with Crippen LogP contribution in [-0.2, 0) is 5.41 Å². The van der Waals surface area contributed by atoms with Crippen LogP contribution in [-0.4, -0.2) is 0 Å². The second kappa shape index (κ2) is 10.3. The second-order valence-electron chi connectivity index (χ2n) is 15.4. The van der Waals surface area contributed by atoms with Gasteiger partial charge in [0.15, 0.2) is 0 Å². The Morgan fingerprint density at radius 1 is 0.600 bits per heavy atom. The molecule has 6 aromatic carbocycles. The third-order valence-electron chi connectivity index (χ3n) is 12.5. The Morgan fingerprint density at radius 2 is 1.18 bits per heavy atom. The summed E-state index contributed by atoms with van der Waals surface area (Å²) in [6.07, 6.45) is 18.9. The normalized spacial score (nSPS) is 20.8. The molecule has 0 saturated carbocycles. The Hall–Kier alpha value is -5.40. The number of allylic oxidation sites excluding steroid dienone is 10. The summed E-state index contributed by atoms with van der Waals surface area (Å²) in [5, 5.41) is 10.6. The lowest BCUT2D eigenvalue weighted by Gasteiger charge is -2.29. The Bertz CT molecular complexity index is 2730. The first kappa shape index (κ1) is 28.4. The van der Waals surface area contributed by atoms with E-state index in [2.05, 4.69) is 147 Å². The van der Waals surface area contributed by atoms with Gasteiger partial charge in [-0.05, 0) is 103 Å². The van der Waals surface area contributed by atoms with Crippen molar-refractivity contribution in [3.63, 3.8) is 0 Å². The standard InChI is InChI=1S/C49H38O/c1-49(2)41-26-25-32(28-40(41)45-37-19-9-10-20-38(37)46-39-21-11-12-22-42(39)50-48(46)47(45)49)44-35-17-7-5-15-33(35)43(34-16-6-8-18-36(34)44)31-24-23-29-13-3-4-14-30(29)27-31/h3,5-13,15-26,30,40H,4,14,27-28H2,1-2H3. The van der Waals surface area contributed by atoms with Gasteiger partial charge in [-0.15, -0.1) is 0 Å². The summed E-state index contributed by atoms with van der Waals surface area (Å²) in [6.45, 7) is 4.83. The van der Waals surface area contributed by atoms with Crippen LogP contribution in [0.25, 0.3) is 65.4 Å². The first-order valence-corrected chi connectivity index (χ1v) is 18.4. The quantitative estimate of drug-likeness (QED) is 0.171. The van der Waals surface area contributed by atoms with Crippen LogP contribution in [0.15, 0.2) is 149 Å². The molecule has 4 aliphatic carbocycles. The summed E-state index contributed by atoms with van der Waals surface area (Å²) in [4.78, 5) is 0. The van der Waals surface area contributed by atoms with Gasteiger partial charge in [-0.1, -0.05) is 147 Å². The van der Waals surface area contributed by atoms with Crippen LogP contribution in [0.5, 0.6) is 0 Å². The fraction of sp³-hybridized carbons (Fsp3) is 0.184. The van der Waals surface area contributed by atoms with Gasteiger partial charge < -0.3 is 4.42 Å². The van der Waals surface area contributed by atoms with Crippen molar-refractivity contribution in [2.45, 2.75) is 50.9 Å². The van der Waals surface area contributed by atoms with Gasteiger partial charge in [0.1, 0.15) is 11.2 Å². The van der Waals surface area contributed by atoms with Crippen molar-refractivity contribution in [2.24, 2.45) is 5.92 Å². The maximum atomic E-state index is 6.82. The van der Waals surface area contributed by atoms with Gasteiger partial charge in [0.05, 0.1) is 0 Å². The van der Waals surface area contributed by atoms with Crippen LogP contribution in [0.3, 0.4) is 0 Å². The number of furan rings is 1. The zero-order valence-electron chi connectivity index (χ0n) is 28.6. The molecule has 0 N–H and O–H groups in total. The van der Waals surface area contributed by atoms with Crippen molar-refractivity contribution in [3.05, 3.63) is 167 Å². The molecular weight excluding hydrogens is 605 g/mol. The molecule has 7 aromatic rings. The molecule has 1 nitrogen and oxygen atoms in total. The number of para-hydroxylation sites is 1. The van der Waals surface area contributed by atoms with Crippen LogP contribution in [0.1, 0.15) is 67.7 Å². The zero-order valence-corrected chi connectivity index (χ0v) is 28.6. The maximum absolute atomic E-state index is 6.82. The highest BCUT2D eigenvalue weighted by atomic mass is 16.3. The number of hydrogen-bond donors (Lipinski definition) is 0. The predicted octanol–water partition coefficient (Wildman–Crippen LogP) is 13.5. The zero-order chi connectivity index (χ0) is 33.1. The molecule has 1 heteroatoms. The third kappa shape index (κ3) is 3.78. The minimum Gasteiger partial charge on any atom is -0.456 e. The molecule has 1 heterocycles. The van der Waals surface area contributed by atoms with Gasteiger partial charge in [0, 0.05) is 27.7 Å². The van der Waals surface area contributed by atoms with Crippen molar-refractivity contribution in [1.29, 1.82) is 0 Å². The van der Waals surface area contributed by atoms with Crippen LogP contribution >= 0.6 is 0 Å². The first-order chi connectivity index (χ1) is 24.6. The molecular formula is C49H38O. The molecule has 0 bridgehead atoms. The van der Waals surface area contributed by atoms with Crippen molar-refractivity contribution in [3.8, 4) is 0 Å². The summed E-state index contributed by atoms with van der Waals surface area (Å²) in [5.41, 5.74) is 13.4. The van der Waals surface area contributed by atoms with Crippen LogP contribution in [0.4, 0.5) is 0 Å². The largest absolute Gasteiger partial charge is 0.456 e. The van der Waals surface area contributed by atoms with E-state index in [1.54, 1.807) is 0 Å². The van der Waals surface area contributed by atoms with Crippen molar-refractivity contribution < 1.29 is 4.42 Å². The highest BCUT2D eigenvalue weighted by Crippen LogP contribution is 2.60. The topological polar surface area (TPSA) is 13.1 Å².